The third-order valence-corrected chi connectivity index (χ3v) is 5.41. The van der Waals surface area contributed by atoms with Crippen LogP contribution in [0.3, 0.4) is 0 Å². The first-order chi connectivity index (χ1) is 13.4. The Morgan fingerprint density at radius 2 is 1.76 bits per heavy atom. The lowest BCUT2D eigenvalue weighted by molar-refractivity contribution is 0.559. The summed E-state index contributed by atoms with van der Waals surface area (Å²) in [6.45, 7) is 6.70. The second-order valence-corrected chi connectivity index (χ2v) is 7.14. The zero-order valence-corrected chi connectivity index (χ0v) is 17.4. The molecule has 0 saturated carbocycles. The Morgan fingerprint density at radius 3 is 2.48 bits per heavy atom. The smallest absolute Gasteiger partial charge is 0.229 e. The lowest BCUT2D eigenvalue weighted by atomic mass is 9.93. The van der Waals surface area contributed by atoms with E-state index in [1.807, 2.05) is 19.9 Å². The second-order valence-electron chi connectivity index (χ2n) is 7.14. The van der Waals surface area contributed by atoms with Gasteiger partial charge < -0.3 is 10.2 Å². The number of nitrogens with zero attached hydrogens (tertiary/aromatic N) is 3. The summed E-state index contributed by atoms with van der Waals surface area (Å²) in [7, 11) is 0. The number of anilines is 3. The summed E-state index contributed by atoms with van der Waals surface area (Å²) in [5.74, 6) is 0.861. The summed E-state index contributed by atoms with van der Waals surface area (Å²) < 4.78 is 27.3. The Bertz CT molecular complexity index is 1020. The molecule has 0 fully saturated rings. The Labute approximate surface area is 175 Å². The van der Waals surface area contributed by atoms with Crippen molar-refractivity contribution in [1.82, 2.24) is 9.97 Å². The van der Waals surface area contributed by atoms with Crippen LogP contribution >= 0.6 is 12.4 Å². The monoisotopic (exact) mass is 416 g/mol. The fraction of sp³-hybridized carbons (Fsp3) is 0.273. The van der Waals surface area contributed by atoms with Gasteiger partial charge in [0.1, 0.15) is 17.5 Å². The highest BCUT2D eigenvalue weighted by molar-refractivity contribution is 5.85. The van der Waals surface area contributed by atoms with Crippen molar-refractivity contribution < 1.29 is 8.78 Å². The molecule has 0 amide bonds. The number of benzene rings is 2. The molecule has 29 heavy (non-hydrogen) atoms. The van der Waals surface area contributed by atoms with E-state index in [9.17, 15) is 8.78 Å². The molecule has 1 aliphatic rings. The average Bonchev–Trinajstić information content (AvgIpc) is 2.68. The predicted octanol–water partition coefficient (Wildman–Crippen LogP) is 5.66. The van der Waals surface area contributed by atoms with E-state index in [0.29, 0.717) is 18.9 Å². The van der Waals surface area contributed by atoms with Gasteiger partial charge >= 0.3 is 0 Å². The van der Waals surface area contributed by atoms with Gasteiger partial charge in [-0.15, -0.1) is 12.4 Å². The van der Waals surface area contributed by atoms with Crippen LogP contribution < -0.4 is 10.2 Å². The molecule has 0 radical (unpaired) electrons. The van der Waals surface area contributed by atoms with Gasteiger partial charge in [0.05, 0.1) is 6.04 Å². The SMILES string of the molecule is Cc1nc(Nc2ccc(F)cc2)nc(N2CCc3c(F)cccc3C2C)c1C.Cl. The maximum absolute atomic E-state index is 14.2. The van der Waals surface area contributed by atoms with E-state index >= 15 is 0 Å². The lowest BCUT2D eigenvalue weighted by Gasteiger charge is -2.37. The normalized spacial score (nSPS) is 15.5. The standard InChI is InChI=1S/C22H22F2N4.ClH/c1-13-14(2)25-22(26-17-9-7-16(23)8-10-17)27-21(13)28-12-11-19-18(15(28)3)5-4-6-20(19)24;/h4-10,15H,11-12H2,1-3H3,(H,25,26,27);1H. The number of rotatable bonds is 3. The maximum Gasteiger partial charge on any atom is 0.229 e. The first-order valence-corrected chi connectivity index (χ1v) is 9.36. The molecule has 1 unspecified atom stereocenters. The molecule has 3 aromatic rings. The van der Waals surface area contributed by atoms with Gasteiger partial charge in [-0.05, 0) is 68.7 Å². The molecule has 0 spiro atoms. The zero-order chi connectivity index (χ0) is 19.8. The van der Waals surface area contributed by atoms with Crippen molar-refractivity contribution in [1.29, 1.82) is 0 Å². The van der Waals surface area contributed by atoms with Crippen molar-refractivity contribution in [2.75, 3.05) is 16.8 Å². The third-order valence-electron chi connectivity index (χ3n) is 5.41. The Kier molecular flexibility index (Phi) is 6.03. The van der Waals surface area contributed by atoms with Gasteiger partial charge in [-0.2, -0.15) is 4.98 Å². The van der Waals surface area contributed by atoms with Crippen molar-refractivity contribution in [2.45, 2.75) is 33.2 Å². The quantitative estimate of drug-likeness (QED) is 0.598. The van der Waals surface area contributed by atoms with Crippen molar-refractivity contribution in [2.24, 2.45) is 0 Å². The molecule has 4 rings (SSSR count). The van der Waals surface area contributed by atoms with Crippen LogP contribution in [0.1, 0.15) is 35.3 Å². The maximum atomic E-state index is 14.2. The van der Waals surface area contributed by atoms with Crippen molar-refractivity contribution >= 4 is 29.9 Å². The van der Waals surface area contributed by atoms with Crippen LogP contribution in [0.25, 0.3) is 0 Å². The largest absolute Gasteiger partial charge is 0.349 e. The summed E-state index contributed by atoms with van der Waals surface area (Å²) in [6, 6.07) is 11.3. The molecule has 0 aliphatic carbocycles. The highest BCUT2D eigenvalue weighted by atomic mass is 35.5. The van der Waals surface area contributed by atoms with Gasteiger partial charge in [0.25, 0.3) is 0 Å². The van der Waals surface area contributed by atoms with Gasteiger partial charge in [-0.25, -0.2) is 13.8 Å². The fourth-order valence-electron chi connectivity index (χ4n) is 3.73. The first-order valence-electron chi connectivity index (χ1n) is 9.36. The van der Waals surface area contributed by atoms with Gasteiger partial charge in [0, 0.05) is 23.5 Å². The molecule has 1 atom stereocenters. The lowest BCUT2D eigenvalue weighted by Crippen LogP contribution is -2.36. The van der Waals surface area contributed by atoms with E-state index in [-0.39, 0.29) is 30.1 Å². The number of hydrogen-bond donors (Lipinski definition) is 1. The molecular weight excluding hydrogens is 394 g/mol. The molecule has 2 aromatic carbocycles. The van der Waals surface area contributed by atoms with E-state index in [1.54, 1.807) is 18.2 Å². The minimum atomic E-state index is -0.291. The predicted molar refractivity (Wildman–Crippen MR) is 114 cm³/mol. The van der Waals surface area contributed by atoms with Gasteiger partial charge in [-0.3, -0.25) is 0 Å². The highest BCUT2D eigenvalue weighted by Crippen LogP contribution is 2.36. The van der Waals surface area contributed by atoms with Gasteiger partial charge in [0.15, 0.2) is 0 Å². The zero-order valence-electron chi connectivity index (χ0n) is 16.5. The van der Waals surface area contributed by atoms with Crippen LogP contribution in [0.2, 0.25) is 0 Å². The van der Waals surface area contributed by atoms with Gasteiger partial charge in [0.2, 0.25) is 5.95 Å². The minimum Gasteiger partial charge on any atom is -0.349 e. The molecule has 7 heteroatoms. The van der Waals surface area contributed by atoms with E-state index in [4.69, 9.17) is 4.98 Å². The molecule has 152 valence electrons. The summed E-state index contributed by atoms with van der Waals surface area (Å²) in [5, 5.41) is 3.15. The van der Waals surface area contributed by atoms with E-state index < -0.39 is 0 Å². The van der Waals surface area contributed by atoms with E-state index in [0.717, 1.165) is 33.9 Å². The minimum absolute atomic E-state index is 0. The second kappa shape index (κ2) is 8.33. The summed E-state index contributed by atoms with van der Waals surface area (Å²) in [6.07, 6.45) is 0.634. The number of aromatic nitrogens is 2. The van der Waals surface area contributed by atoms with Crippen LogP contribution in [0, 0.1) is 25.5 Å². The van der Waals surface area contributed by atoms with Crippen LogP contribution in [-0.4, -0.2) is 16.5 Å². The molecule has 1 N–H and O–H groups in total. The number of halogens is 3. The molecule has 1 aliphatic heterocycles. The van der Waals surface area contributed by atoms with Crippen LogP contribution in [-0.2, 0) is 6.42 Å². The molecule has 2 heterocycles. The first kappa shape index (κ1) is 21.0. The van der Waals surface area contributed by atoms with E-state index in [1.165, 1.54) is 18.2 Å². The Morgan fingerprint density at radius 1 is 1.03 bits per heavy atom. The number of fused-ring (bicyclic) bond motifs is 1. The third kappa shape index (κ3) is 4.03. The number of hydrogen-bond acceptors (Lipinski definition) is 4. The summed E-state index contributed by atoms with van der Waals surface area (Å²) >= 11 is 0. The fourth-order valence-corrected chi connectivity index (χ4v) is 3.73. The molecule has 1 aromatic heterocycles. The number of aryl methyl sites for hydroxylation is 1. The molecule has 0 bridgehead atoms. The van der Waals surface area contributed by atoms with Crippen molar-refractivity contribution in [3.8, 4) is 0 Å². The van der Waals surface area contributed by atoms with Crippen molar-refractivity contribution in [3.05, 3.63) is 76.5 Å². The highest BCUT2D eigenvalue weighted by Gasteiger charge is 2.28. The van der Waals surface area contributed by atoms with Crippen LogP contribution in [0.5, 0.6) is 0 Å². The topological polar surface area (TPSA) is 41.1 Å². The average molecular weight is 417 g/mol. The number of nitrogens with one attached hydrogen (secondary N) is 1. The molecule has 4 nitrogen and oxygen atoms in total. The summed E-state index contributed by atoms with van der Waals surface area (Å²) in [4.78, 5) is 11.5. The Balaban J connectivity index is 0.00000240. The van der Waals surface area contributed by atoms with Gasteiger partial charge in [-0.1, -0.05) is 12.1 Å². The van der Waals surface area contributed by atoms with Crippen molar-refractivity contribution in [3.63, 3.8) is 0 Å². The van der Waals surface area contributed by atoms with Crippen LogP contribution in [0.15, 0.2) is 42.5 Å². The molecular formula is C22H23ClF2N4. The van der Waals surface area contributed by atoms with Crippen LogP contribution in [0.4, 0.5) is 26.2 Å². The molecule has 0 saturated heterocycles. The van der Waals surface area contributed by atoms with E-state index in [2.05, 4.69) is 22.1 Å². The summed E-state index contributed by atoms with van der Waals surface area (Å²) in [5.41, 5.74) is 4.37. The Hall–Kier alpha value is -2.73.